The van der Waals surface area contributed by atoms with Gasteiger partial charge >= 0.3 is 0 Å². The molecule has 2 rings (SSSR count). The van der Waals surface area contributed by atoms with Gasteiger partial charge in [0.1, 0.15) is 0 Å². The highest BCUT2D eigenvalue weighted by atomic mass is 35.5. The molecule has 134 valence electrons. The number of ether oxygens (including phenoxy) is 2. The van der Waals surface area contributed by atoms with Crippen LogP contribution in [0.5, 0.6) is 11.5 Å². The minimum atomic E-state index is -0.275. The van der Waals surface area contributed by atoms with Crippen molar-refractivity contribution in [3.63, 3.8) is 0 Å². The molecule has 0 radical (unpaired) electrons. The second-order valence-corrected chi connectivity index (χ2v) is 6.01. The Morgan fingerprint density at radius 3 is 2.50 bits per heavy atom. The Morgan fingerprint density at radius 1 is 1.33 bits per heavy atom. The van der Waals surface area contributed by atoms with Gasteiger partial charge in [0, 0.05) is 17.7 Å². The Balaban J connectivity index is 0.00000288. The summed E-state index contributed by atoms with van der Waals surface area (Å²) in [4.78, 5) is 12.7. The summed E-state index contributed by atoms with van der Waals surface area (Å²) in [6.45, 7) is 4.22. The smallest absolute Gasteiger partial charge is 0.251 e. The average molecular weight is 355 g/mol. The van der Waals surface area contributed by atoms with E-state index in [0.29, 0.717) is 30.0 Å². The molecule has 1 fully saturated rings. The number of benzene rings is 1. The number of amides is 1. The molecule has 6 heteroatoms. The summed E-state index contributed by atoms with van der Waals surface area (Å²) >= 11 is 0. The van der Waals surface area contributed by atoms with E-state index in [4.69, 9.17) is 15.2 Å². The van der Waals surface area contributed by atoms with Crippen LogP contribution in [0.1, 0.15) is 41.6 Å². The lowest BCUT2D eigenvalue weighted by Crippen LogP contribution is -2.51. The molecule has 1 aliphatic carbocycles. The molecule has 1 aromatic carbocycles. The highest BCUT2D eigenvalue weighted by Gasteiger charge is 2.34. The monoisotopic (exact) mass is 354 g/mol. The predicted octanol–water partition coefficient (Wildman–Crippen LogP) is 2.86. The van der Waals surface area contributed by atoms with Gasteiger partial charge in [-0.2, -0.15) is 0 Å². The Morgan fingerprint density at radius 2 is 2.00 bits per heavy atom. The predicted molar refractivity (Wildman–Crippen MR) is 98.4 cm³/mol. The quantitative estimate of drug-likeness (QED) is 0.738. The fourth-order valence-electron chi connectivity index (χ4n) is 3.23. The minimum Gasteiger partial charge on any atom is -0.493 e. The van der Waals surface area contributed by atoms with Crippen molar-refractivity contribution in [2.45, 2.75) is 37.6 Å². The number of methoxy groups -OCH3 is 2. The zero-order chi connectivity index (χ0) is 16.9. The van der Waals surface area contributed by atoms with Crippen molar-refractivity contribution in [2.24, 2.45) is 5.73 Å². The van der Waals surface area contributed by atoms with Crippen LogP contribution in [0.15, 0.2) is 24.8 Å². The second kappa shape index (κ2) is 8.94. The highest BCUT2D eigenvalue weighted by Crippen LogP contribution is 2.34. The third-order valence-electron chi connectivity index (χ3n) is 4.51. The number of halogens is 1. The Bertz CT molecular complexity index is 584. The molecule has 0 atom stereocenters. The van der Waals surface area contributed by atoms with Crippen molar-refractivity contribution >= 4 is 18.3 Å². The van der Waals surface area contributed by atoms with Gasteiger partial charge in [0.15, 0.2) is 11.5 Å². The van der Waals surface area contributed by atoms with Crippen LogP contribution in [0, 0.1) is 0 Å². The molecule has 24 heavy (non-hydrogen) atoms. The van der Waals surface area contributed by atoms with Crippen molar-refractivity contribution in [1.29, 1.82) is 0 Å². The van der Waals surface area contributed by atoms with Gasteiger partial charge in [0.25, 0.3) is 5.91 Å². The molecule has 0 aromatic heterocycles. The van der Waals surface area contributed by atoms with Crippen LogP contribution in [0.3, 0.4) is 0 Å². The third kappa shape index (κ3) is 4.22. The van der Waals surface area contributed by atoms with E-state index in [1.165, 1.54) is 0 Å². The normalized spacial score (nSPS) is 15.3. The van der Waals surface area contributed by atoms with Gasteiger partial charge in [0.2, 0.25) is 0 Å². The number of hydrogen-bond donors (Lipinski definition) is 2. The summed E-state index contributed by atoms with van der Waals surface area (Å²) in [7, 11) is 3.15. The van der Waals surface area contributed by atoms with E-state index in [0.717, 1.165) is 31.2 Å². The molecule has 1 amide bonds. The molecule has 0 bridgehead atoms. The third-order valence-corrected chi connectivity index (χ3v) is 4.51. The molecule has 1 saturated carbocycles. The molecule has 0 unspecified atom stereocenters. The zero-order valence-electron chi connectivity index (χ0n) is 14.4. The summed E-state index contributed by atoms with van der Waals surface area (Å²) in [6.07, 6.45) is 6.44. The standard InChI is InChI=1S/C18H26N2O3.ClH/c1-4-7-13-10-14(11-15(22-2)16(13)23-3)17(21)20-18(12-19)8-5-6-9-18;/h4,10-11H,1,5-9,12,19H2,2-3H3,(H,20,21);1H. The number of nitrogens with one attached hydrogen (secondary N) is 1. The molecule has 5 nitrogen and oxygen atoms in total. The summed E-state index contributed by atoms with van der Waals surface area (Å²) in [5.74, 6) is 1.06. The second-order valence-electron chi connectivity index (χ2n) is 6.01. The molecular formula is C18H27ClN2O3. The number of nitrogens with two attached hydrogens (primary N) is 1. The van der Waals surface area contributed by atoms with Crippen LogP contribution in [-0.2, 0) is 6.42 Å². The maximum Gasteiger partial charge on any atom is 0.251 e. The van der Waals surface area contributed by atoms with E-state index in [2.05, 4.69) is 11.9 Å². The van der Waals surface area contributed by atoms with Crippen LogP contribution in [0.4, 0.5) is 0 Å². The largest absolute Gasteiger partial charge is 0.493 e. The van der Waals surface area contributed by atoms with Crippen molar-refractivity contribution in [3.8, 4) is 11.5 Å². The summed E-state index contributed by atoms with van der Waals surface area (Å²) < 4.78 is 10.8. The van der Waals surface area contributed by atoms with Crippen LogP contribution < -0.4 is 20.5 Å². The molecule has 1 aromatic rings. The van der Waals surface area contributed by atoms with E-state index < -0.39 is 0 Å². The van der Waals surface area contributed by atoms with Crippen LogP contribution >= 0.6 is 12.4 Å². The topological polar surface area (TPSA) is 73.6 Å². The summed E-state index contributed by atoms with van der Waals surface area (Å²) in [6, 6.07) is 3.54. The first kappa shape index (κ1) is 20.3. The Kier molecular flexibility index (Phi) is 7.58. The zero-order valence-corrected chi connectivity index (χ0v) is 15.2. The molecule has 0 saturated heterocycles. The first-order valence-electron chi connectivity index (χ1n) is 7.97. The lowest BCUT2D eigenvalue weighted by molar-refractivity contribution is 0.0902. The number of allylic oxidation sites excluding steroid dienone is 1. The highest BCUT2D eigenvalue weighted by molar-refractivity contribution is 5.95. The maximum absolute atomic E-state index is 12.7. The van der Waals surface area contributed by atoms with E-state index in [1.54, 1.807) is 26.4 Å². The summed E-state index contributed by atoms with van der Waals surface area (Å²) in [5.41, 5.74) is 7.06. The van der Waals surface area contributed by atoms with Gasteiger partial charge in [-0.3, -0.25) is 4.79 Å². The Labute approximate surface area is 150 Å². The van der Waals surface area contributed by atoms with Gasteiger partial charge in [-0.25, -0.2) is 0 Å². The van der Waals surface area contributed by atoms with Crippen molar-refractivity contribution in [1.82, 2.24) is 5.32 Å². The first-order chi connectivity index (χ1) is 11.1. The lowest BCUT2D eigenvalue weighted by Gasteiger charge is -2.29. The molecular weight excluding hydrogens is 328 g/mol. The SMILES string of the molecule is C=CCc1cc(C(=O)NC2(CN)CCCC2)cc(OC)c1OC.Cl. The van der Waals surface area contributed by atoms with Crippen molar-refractivity contribution in [2.75, 3.05) is 20.8 Å². The fraction of sp³-hybridized carbons (Fsp3) is 0.500. The summed E-state index contributed by atoms with van der Waals surface area (Å²) in [5, 5.41) is 3.13. The van der Waals surface area contributed by atoms with Gasteiger partial charge in [-0.05, 0) is 31.4 Å². The van der Waals surface area contributed by atoms with Crippen LogP contribution in [-0.4, -0.2) is 32.2 Å². The van der Waals surface area contributed by atoms with E-state index in [9.17, 15) is 4.79 Å². The first-order valence-corrected chi connectivity index (χ1v) is 7.97. The molecule has 3 N–H and O–H groups in total. The Hall–Kier alpha value is -1.72. The van der Waals surface area contributed by atoms with Gasteiger partial charge in [-0.1, -0.05) is 18.9 Å². The van der Waals surface area contributed by atoms with Crippen molar-refractivity contribution in [3.05, 3.63) is 35.9 Å². The maximum atomic E-state index is 12.7. The molecule has 0 spiro atoms. The lowest BCUT2D eigenvalue weighted by atomic mass is 9.96. The number of rotatable bonds is 7. The van der Waals surface area contributed by atoms with E-state index >= 15 is 0 Å². The van der Waals surface area contributed by atoms with Crippen molar-refractivity contribution < 1.29 is 14.3 Å². The molecule has 0 aliphatic heterocycles. The molecule has 0 heterocycles. The number of carbonyl (C=O) groups is 1. The van der Waals surface area contributed by atoms with E-state index in [-0.39, 0.29) is 23.9 Å². The average Bonchev–Trinajstić information content (AvgIpc) is 3.03. The number of carbonyl (C=O) groups excluding carboxylic acids is 1. The van der Waals surface area contributed by atoms with Crippen LogP contribution in [0.2, 0.25) is 0 Å². The molecule has 1 aliphatic rings. The van der Waals surface area contributed by atoms with Gasteiger partial charge < -0.3 is 20.5 Å². The minimum absolute atomic E-state index is 0. The van der Waals surface area contributed by atoms with Crippen LogP contribution in [0.25, 0.3) is 0 Å². The number of hydrogen-bond acceptors (Lipinski definition) is 4. The fourth-order valence-corrected chi connectivity index (χ4v) is 3.23. The van der Waals surface area contributed by atoms with Gasteiger partial charge in [0.05, 0.1) is 19.8 Å². The van der Waals surface area contributed by atoms with Gasteiger partial charge in [-0.15, -0.1) is 19.0 Å². The van der Waals surface area contributed by atoms with E-state index in [1.807, 2.05) is 6.07 Å².